The molecule has 0 fully saturated rings. The highest BCUT2D eigenvalue weighted by atomic mass is 35.5. The van der Waals surface area contributed by atoms with Crippen LogP contribution in [0.2, 0.25) is 10.0 Å². The molecule has 0 aliphatic heterocycles. The molecule has 0 unspecified atom stereocenters. The van der Waals surface area contributed by atoms with Crippen LogP contribution in [-0.4, -0.2) is 26.7 Å². The summed E-state index contributed by atoms with van der Waals surface area (Å²) in [5.41, 5.74) is 3.61. The maximum absolute atomic E-state index is 12.4. The Kier molecular flexibility index (Phi) is 6.18. The lowest BCUT2D eigenvalue weighted by molar-refractivity contribution is 0.102. The van der Waals surface area contributed by atoms with E-state index in [2.05, 4.69) is 15.1 Å². The predicted octanol–water partition coefficient (Wildman–Crippen LogP) is 6.39. The van der Waals surface area contributed by atoms with E-state index < -0.39 is 0 Å². The average molecular weight is 456 g/mol. The van der Waals surface area contributed by atoms with Crippen molar-refractivity contribution in [1.29, 1.82) is 0 Å². The summed E-state index contributed by atoms with van der Waals surface area (Å²) in [7, 11) is 0. The normalized spacial score (nSPS) is 10.9. The van der Waals surface area contributed by atoms with Crippen LogP contribution in [0.25, 0.3) is 22.5 Å². The van der Waals surface area contributed by atoms with Crippen molar-refractivity contribution >= 4 is 40.7 Å². The van der Waals surface area contributed by atoms with E-state index in [1.54, 1.807) is 48.7 Å². The first-order valence-electron chi connectivity index (χ1n) is 8.98. The van der Waals surface area contributed by atoms with Crippen molar-refractivity contribution in [2.75, 3.05) is 5.75 Å². The fourth-order valence-corrected chi connectivity index (χ4v) is 3.85. The standard InChI is InChI=1S/C22H15Cl2N3O2S/c1-13-20(21(27-29-13)15-4-8-17(24)9-5-15)18-10-11-25-22(26-18)30-12-19(28)14-2-6-16(23)7-3-14/h2-11H,12H2,1H3. The van der Waals surface area contributed by atoms with Crippen LogP contribution in [0.4, 0.5) is 0 Å². The molecule has 150 valence electrons. The van der Waals surface area contributed by atoms with E-state index in [9.17, 15) is 4.79 Å². The molecule has 0 aliphatic rings. The third-order valence-corrected chi connectivity index (χ3v) is 5.73. The molecule has 8 heteroatoms. The molecule has 2 heterocycles. The highest BCUT2D eigenvalue weighted by molar-refractivity contribution is 7.99. The third kappa shape index (κ3) is 4.56. The Bertz CT molecular complexity index is 1190. The topological polar surface area (TPSA) is 68.9 Å². The Morgan fingerprint density at radius 2 is 1.67 bits per heavy atom. The molecule has 2 aromatic carbocycles. The lowest BCUT2D eigenvalue weighted by atomic mass is 10.0. The number of rotatable bonds is 6. The molecule has 0 saturated carbocycles. The molecule has 0 saturated heterocycles. The maximum Gasteiger partial charge on any atom is 0.188 e. The lowest BCUT2D eigenvalue weighted by Gasteiger charge is -2.05. The zero-order valence-electron chi connectivity index (χ0n) is 15.8. The molecule has 4 aromatic rings. The molecule has 0 atom stereocenters. The van der Waals surface area contributed by atoms with Gasteiger partial charge in [-0.2, -0.15) is 0 Å². The van der Waals surface area contributed by atoms with Crippen LogP contribution in [0.1, 0.15) is 16.1 Å². The highest BCUT2D eigenvalue weighted by Gasteiger charge is 2.19. The first-order valence-corrected chi connectivity index (χ1v) is 10.7. The first kappa shape index (κ1) is 20.6. The quantitative estimate of drug-likeness (QED) is 0.190. The summed E-state index contributed by atoms with van der Waals surface area (Å²) >= 11 is 13.1. The number of nitrogens with zero attached hydrogens (tertiary/aromatic N) is 3. The zero-order valence-corrected chi connectivity index (χ0v) is 18.1. The Hall–Kier alpha value is -2.67. The van der Waals surface area contributed by atoms with Crippen LogP contribution in [-0.2, 0) is 0 Å². The number of aromatic nitrogens is 3. The molecule has 2 aromatic heterocycles. The van der Waals surface area contributed by atoms with Gasteiger partial charge in [0.1, 0.15) is 11.5 Å². The van der Waals surface area contributed by atoms with E-state index in [4.69, 9.17) is 27.7 Å². The molecule has 0 spiro atoms. The maximum atomic E-state index is 12.4. The van der Waals surface area contributed by atoms with Gasteiger partial charge in [-0.15, -0.1) is 0 Å². The van der Waals surface area contributed by atoms with Gasteiger partial charge in [-0.1, -0.05) is 52.3 Å². The molecule has 0 bridgehead atoms. The summed E-state index contributed by atoms with van der Waals surface area (Å²) in [5.74, 6) is 0.845. The third-order valence-electron chi connectivity index (χ3n) is 4.37. The van der Waals surface area contributed by atoms with Gasteiger partial charge in [0, 0.05) is 27.4 Å². The summed E-state index contributed by atoms with van der Waals surface area (Å²) in [6, 6.07) is 16.0. The van der Waals surface area contributed by atoms with Crippen molar-refractivity contribution in [3.8, 4) is 22.5 Å². The van der Waals surface area contributed by atoms with Crippen molar-refractivity contribution in [3.63, 3.8) is 0 Å². The minimum absolute atomic E-state index is 0.0197. The fraction of sp³-hybridized carbons (Fsp3) is 0.0909. The molecule has 5 nitrogen and oxygen atoms in total. The van der Waals surface area contributed by atoms with Crippen LogP contribution in [0.5, 0.6) is 0 Å². The van der Waals surface area contributed by atoms with Gasteiger partial charge in [-0.25, -0.2) is 9.97 Å². The van der Waals surface area contributed by atoms with E-state index in [1.165, 1.54) is 11.8 Å². The van der Waals surface area contributed by atoms with Crippen LogP contribution in [0, 0.1) is 6.92 Å². The molecule has 0 N–H and O–H groups in total. The van der Waals surface area contributed by atoms with Crippen LogP contribution >= 0.6 is 35.0 Å². The Morgan fingerprint density at radius 3 is 2.37 bits per heavy atom. The molecular formula is C22H15Cl2N3O2S. The second-order valence-electron chi connectivity index (χ2n) is 6.41. The number of carbonyl (C=O) groups is 1. The fourth-order valence-electron chi connectivity index (χ4n) is 2.88. The Labute approximate surface area is 187 Å². The van der Waals surface area contributed by atoms with Gasteiger partial charge in [-0.05, 0) is 49.4 Å². The second kappa shape index (κ2) is 9.00. The van der Waals surface area contributed by atoms with E-state index in [1.807, 2.05) is 19.1 Å². The summed E-state index contributed by atoms with van der Waals surface area (Å²) < 4.78 is 5.43. The molecule has 30 heavy (non-hydrogen) atoms. The summed E-state index contributed by atoms with van der Waals surface area (Å²) in [6.07, 6.45) is 1.66. The monoisotopic (exact) mass is 455 g/mol. The number of hydrogen-bond donors (Lipinski definition) is 0. The number of hydrogen-bond acceptors (Lipinski definition) is 6. The van der Waals surface area contributed by atoms with Crippen LogP contribution < -0.4 is 0 Å². The van der Waals surface area contributed by atoms with E-state index in [0.717, 1.165) is 11.1 Å². The average Bonchev–Trinajstić information content (AvgIpc) is 3.14. The highest BCUT2D eigenvalue weighted by Crippen LogP contribution is 2.34. The van der Waals surface area contributed by atoms with Crippen molar-refractivity contribution in [2.45, 2.75) is 12.1 Å². The van der Waals surface area contributed by atoms with Gasteiger partial charge in [0.15, 0.2) is 10.9 Å². The minimum atomic E-state index is -0.0197. The van der Waals surface area contributed by atoms with Gasteiger partial charge < -0.3 is 4.52 Å². The molecule has 0 radical (unpaired) electrons. The molecule has 4 rings (SSSR count). The lowest BCUT2D eigenvalue weighted by Crippen LogP contribution is -2.03. The van der Waals surface area contributed by atoms with E-state index >= 15 is 0 Å². The second-order valence-corrected chi connectivity index (χ2v) is 8.23. The van der Waals surface area contributed by atoms with E-state index in [-0.39, 0.29) is 11.5 Å². The van der Waals surface area contributed by atoms with Gasteiger partial charge in [0.05, 0.1) is 17.0 Å². The SMILES string of the molecule is Cc1onc(-c2ccc(Cl)cc2)c1-c1ccnc(SCC(=O)c2ccc(Cl)cc2)n1. The summed E-state index contributed by atoms with van der Waals surface area (Å²) in [4.78, 5) is 21.3. The smallest absolute Gasteiger partial charge is 0.188 e. The predicted molar refractivity (Wildman–Crippen MR) is 119 cm³/mol. The zero-order chi connectivity index (χ0) is 21.1. The molecular weight excluding hydrogens is 441 g/mol. The van der Waals surface area contributed by atoms with Gasteiger partial charge >= 0.3 is 0 Å². The number of thioether (sulfide) groups is 1. The Morgan fingerprint density at radius 1 is 1.00 bits per heavy atom. The van der Waals surface area contributed by atoms with Gasteiger partial charge in [-0.3, -0.25) is 4.79 Å². The molecule has 0 aliphatic carbocycles. The number of benzene rings is 2. The summed E-state index contributed by atoms with van der Waals surface area (Å²) in [5, 5.41) is 5.93. The summed E-state index contributed by atoms with van der Waals surface area (Å²) in [6.45, 7) is 1.83. The van der Waals surface area contributed by atoms with Crippen molar-refractivity contribution in [1.82, 2.24) is 15.1 Å². The Balaban J connectivity index is 1.57. The van der Waals surface area contributed by atoms with Crippen molar-refractivity contribution in [2.24, 2.45) is 0 Å². The number of Topliss-reactive ketones (excluding diaryl/α,β-unsaturated/α-hetero) is 1. The van der Waals surface area contributed by atoms with Crippen molar-refractivity contribution in [3.05, 3.63) is 82.2 Å². The number of carbonyl (C=O) groups excluding carboxylic acids is 1. The largest absolute Gasteiger partial charge is 0.360 e. The van der Waals surface area contributed by atoms with Crippen molar-refractivity contribution < 1.29 is 9.32 Å². The van der Waals surface area contributed by atoms with Gasteiger partial charge in [0.2, 0.25) is 0 Å². The molecule has 0 amide bonds. The van der Waals surface area contributed by atoms with Crippen LogP contribution in [0.15, 0.2) is 70.5 Å². The van der Waals surface area contributed by atoms with Crippen LogP contribution in [0.3, 0.4) is 0 Å². The number of aryl methyl sites for hydroxylation is 1. The first-order chi connectivity index (χ1) is 14.5. The minimum Gasteiger partial charge on any atom is -0.360 e. The number of halogens is 2. The van der Waals surface area contributed by atoms with Gasteiger partial charge in [0.25, 0.3) is 0 Å². The number of ketones is 1. The van der Waals surface area contributed by atoms with E-state index in [0.29, 0.717) is 37.9 Å².